The van der Waals surface area contributed by atoms with Gasteiger partial charge in [-0.2, -0.15) is 11.8 Å². The zero-order valence-corrected chi connectivity index (χ0v) is 35.9. The van der Waals surface area contributed by atoms with Gasteiger partial charge in [0.1, 0.15) is 18.2 Å². The van der Waals surface area contributed by atoms with Crippen molar-refractivity contribution in [2.45, 2.75) is 171 Å². The number of ether oxygens (including phenoxy) is 1. The van der Waals surface area contributed by atoms with Crippen LogP contribution in [0.25, 0.3) is 0 Å². The van der Waals surface area contributed by atoms with E-state index in [0.717, 1.165) is 81.9 Å². The lowest BCUT2D eigenvalue weighted by atomic mass is 9.70. The second-order valence-corrected chi connectivity index (χ2v) is 20.8. The first-order valence-corrected chi connectivity index (χ1v) is 22.7. The summed E-state index contributed by atoms with van der Waals surface area (Å²) in [5, 5.41) is 9.29. The van der Waals surface area contributed by atoms with Gasteiger partial charge in [0.15, 0.2) is 0 Å². The SMILES string of the molecule is CC(C)(C)SCC1(NC(=O)N[C@H](C(=O)N2C[C@H](OC(=O)N3CCc4ccccc4C3)C[C@H]2C(=O)NC(CC2CCC2)C(=O)C(N)=O)C2(C)CCCCC2)CCCCC1. The Hall–Kier alpha value is -3.81. The number of nitrogens with one attached hydrogen (secondary N) is 3. The molecule has 5 aliphatic rings. The summed E-state index contributed by atoms with van der Waals surface area (Å²) in [4.78, 5) is 85.6. The lowest BCUT2D eigenvalue weighted by molar-refractivity contribution is -0.144. The molecule has 4 fully saturated rings. The Morgan fingerprint density at radius 3 is 2.19 bits per heavy atom. The van der Waals surface area contributed by atoms with Crippen molar-refractivity contribution in [1.82, 2.24) is 25.8 Å². The van der Waals surface area contributed by atoms with E-state index in [0.29, 0.717) is 32.4 Å². The first-order chi connectivity index (χ1) is 27.5. The summed E-state index contributed by atoms with van der Waals surface area (Å²) in [6.45, 7) is 9.36. The number of urea groups is 1. The number of likely N-dealkylation sites (tertiary alicyclic amines) is 1. The van der Waals surface area contributed by atoms with E-state index in [1.165, 1.54) is 10.5 Å². The zero-order valence-electron chi connectivity index (χ0n) is 35.1. The van der Waals surface area contributed by atoms with Gasteiger partial charge in [0.05, 0.1) is 18.1 Å². The van der Waals surface area contributed by atoms with Crippen molar-refractivity contribution in [1.29, 1.82) is 0 Å². The topological polar surface area (TPSA) is 180 Å². The summed E-state index contributed by atoms with van der Waals surface area (Å²) in [5.74, 6) is -2.12. The van der Waals surface area contributed by atoms with E-state index in [1.54, 1.807) is 4.90 Å². The fourth-order valence-electron chi connectivity index (χ4n) is 9.62. The van der Waals surface area contributed by atoms with Crippen LogP contribution in [0.5, 0.6) is 0 Å². The highest BCUT2D eigenvalue weighted by atomic mass is 32.2. The molecular weight excluding hydrogens is 757 g/mol. The van der Waals surface area contributed by atoms with Crippen LogP contribution in [0, 0.1) is 11.3 Å². The molecule has 2 heterocycles. The Labute approximate surface area is 348 Å². The molecule has 14 heteroatoms. The summed E-state index contributed by atoms with van der Waals surface area (Å²) in [7, 11) is 0. The monoisotopic (exact) mass is 822 g/mol. The molecule has 6 amide bonds. The summed E-state index contributed by atoms with van der Waals surface area (Å²) in [6.07, 6.45) is 11.5. The molecule has 1 saturated heterocycles. The Morgan fingerprint density at radius 1 is 0.914 bits per heavy atom. The number of Topliss-reactive ketones (excluding diaryl/α,β-unsaturated/α-hetero) is 1. The Bertz CT molecular complexity index is 1680. The van der Waals surface area contributed by atoms with E-state index < -0.39 is 70.8 Å². The first kappa shape index (κ1) is 43.8. The van der Waals surface area contributed by atoms with Crippen molar-refractivity contribution in [3.05, 3.63) is 35.4 Å². The van der Waals surface area contributed by atoms with Crippen LogP contribution in [0.2, 0.25) is 0 Å². The molecule has 2 aliphatic heterocycles. The number of nitrogens with zero attached hydrogens (tertiary/aromatic N) is 2. The molecule has 4 atom stereocenters. The molecule has 320 valence electrons. The average Bonchev–Trinajstić information content (AvgIpc) is 3.60. The summed E-state index contributed by atoms with van der Waals surface area (Å²) in [6, 6.07) is 4.35. The van der Waals surface area contributed by atoms with Crippen LogP contribution in [0.3, 0.4) is 0 Å². The number of rotatable bonds is 13. The zero-order chi connectivity index (χ0) is 41.7. The number of hydrogen-bond donors (Lipinski definition) is 4. The maximum Gasteiger partial charge on any atom is 0.410 e. The van der Waals surface area contributed by atoms with Crippen LogP contribution in [-0.2, 0) is 36.9 Å². The van der Waals surface area contributed by atoms with Gasteiger partial charge in [0, 0.05) is 30.0 Å². The number of hydrogen-bond acceptors (Lipinski definition) is 8. The molecule has 1 aromatic rings. The van der Waals surface area contributed by atoms with Gasteiger partial charge in [0.2, 0.25) is 17.6 Å². The van der Waals surface area contributed by atoms with Crippen LogP contribution in [0.15, 0.2) is 24.3 Å². The number of nitrogens with two attached hydrogens (primary N) is 1. The van der Waals surface area contributed by atoms with E-state index in [9.17, 15) is 24.0 Å². The number of ketones is 1. The summed E-state index contributed by atoms with van der Waals surface area (Å²) in [5.41, 5.74) is 6.66. The predicted molar refractivity (Wildman–Crippen MR) is 224 cm³/mol. The fraction of sp³-hybridized carbons (Fsp3) is 0.727. The summed E-state index contributed by atoms with van der Waals surface area (Å²) >= 11 is 1.83. The molecule has 1 aromatic carbocycles. The Morgan fingerprint density at radius 2 is 1.57 bits per heavy atom. The molecule has 5 N–H and O–H groups in total. The largest absolute Gasteiger partial charge is 0.444 e. The molecule has 0 radical (unpaired) electrons. The van der Waals surface area contributed by atoms with Gasteiger partial charge in [-0.1, -0.05) is 110 Å². The highest BCUT2D eigenvalue weighted by molar-refractivity contribution is 8.00. The molecule has 0 spiro atoms. The third-order valence-corrected chi connectivity index (χ3v) is 14.9. The van der Waals surface area contributed by atoms with Crippen molar-refractivity contribution in [2.75, 3.05) is 18.8 Å². The van der Waals surface area contributed by atoms with Crippen molar-refractivity contribution in [3.8, 4) is 0 Å². The maximum absolute atomic E-state index is 15.2. The van der Waals surface area contributed by atoms with Gasteiger partial charge in [-0.3, -0.25) is 19.2 Å². The van der Waals surface area contributed by atoms with Crippen LogP contribution < -0.4 is 21.7 Å². The third-order valence-electron chi connectivity index (χ3n) is 13.4. The Kier molecular flexibility index (Phi) is 14.1. The number of fused-ring (bicyclic) bond motifs is 1. The van der Waals surface area contributed by atoms with Crippen molar-refractivity contribution in [3.63, 3.8) is 0 Å². The van der Waals surface area contributed by atoms with Gasteiger partial charge < -0.3 is 36.2 Å². The Balaban J connectivity index is 1.25. The fourth-order valence-corrected chi connectivity index (χ4v) is 10.7. The minimum absolute atomic E-state index is 0.00256. The van der Waals surface area contributed by atoms with E-state index >= 15 is 4.79 Å². The van der Waals surface area contributed by atoms with Gasteiger partial charge >= 0.3 is 12.1 Å². The lowest BCUT2D eigenvalue weighted by Gasteiger charge is -2.44. The molecule has 0 aromatic heterocycles. The molecule has 1 unspecified atom stereocenters. The highest BCUT2D eigenvalue weighted by Gasteiger charge is 2.50. The number of carbonyl (C=O) groups excluding carboxylic acids is 6. The van der Waals surface area contributed by atoms with Crippen LogP contribution >= 0.6 is 11.8 Å². The van der Waals surface area contributed by atoms with Gasteiger partial charge in [0.25, 0.3) is 5.91 Å². The van der Waals surface area contributed by atoms with E-state index in [-0.39, 0.29) is 30.1 Å². The van der Waals surface area contributed by atoms with E-state index in [4.69, 9.17) is 10.5 Å². The second kappa shape index (κ2) is 18.6. The minimum atomic E-state index is -1.13. The van der Waals surface area contributed by atoms with E-state index in [2.05, 4.69) is 42.8 Å². The molecular formula is C44H66N6O7S. The highest BCUT2D eigenvalue weighted by Crippen LogP contribution is 2.41. The molecule has 58 heavy (non-hydrogen) atoms. The molecule has 13 nitrogen and oxygen atoms in total. The number of primary amides is 1. The van der Waals surface area contributed by atoms with Crippen LogP contribution in [-0.4, -0.2) is 98.8 Å². The maximum atomic E-state index is 15.2. The number of thioether (sulfide) groups is 1. The molecule has 3 aliphatic carbocycles. The summed E-state index contributed by atoms with van der Waals surface area (Å²) < 4.78 is 6.09. The predicted octanol–water partition coefficient (Wildman–Crippen LogP) is 5.75. The molecule has 0 bridgehead atoms. The smallest absolute Gasteiger partial charge is 0.410 e. The third kappa shape index (κ3) is 10.9. The molecule has 6 rings (SSSR count). The molecule has 3 saturated carbocycles. The van der Waals surface area contributed by atoms with Crippen molar-refractivity contribution in [2.24, 2.45) is 17.1 Å². The van der Waals surface area contributed by atoms with Gasteiger partial charge in [-0.25, -0.2) is 9.59 Å². The number of benzene rings is 1. The minimum Gasteiger partial charge on any atom is -0.444 e. The second-order valence-electron chi connectivity index (χ2n) is 19.0. The van der Waals surface area contributed by atoms with Crippen molar-refractivity contribution < 1.29 is 33.5 Å². The average molecular weight is 823 g/mol. The van der Waals surface area contributed by atoms with Gasteiger partial charge in [-0.05, 0) is 61.0 Å². The van der Waals surface area contributed by atoms with Crippen LogP contribution in [0.4, 0.5) is 9.59 Å². The quantitative estimate of drug-likeness (QED) is 0.182. The van der Waals surface area contributed by atoms with E-state index in [1.807, 2.05) is 36.9 Å². The first-order valence-electron chi connectivity index (χ1n) is 21.7. The van der Waals surface area contributed by atoms with Crippen LogP contribution in [0.1, 0.15) is 135 Å². The standard InChI is InChI=1S/C44H66N6O7S/c1-42(2,3)58-28-44(21-11-6-12-22-44)48-40(55)47-36(43(4)19-9-5-10-20-43)39(54)50-27-32(57-41(56)49-23-18-30-16-7-8-17-31(30)26-49)25-34(50)38(53)46-33(35(51)37(45)52)24-29-14-13-15-29/h7-8,16-17,29,32-34,36H,5-6,9-15,18-28H2,1-4H3,(H2,45,52)(H,46,53)(H2,47,48,55)/t32-,33?,34+,36-/m1/s1. The normalized spacial score (nSPS) is 24.0. The van der Waals surface area contributed by atoms with Crippen molar-refractivity contribution >= 4 is 47.4 Å². The number of amides is 6. The lowest BCUT2D eigenvalue weighted by Crippen LogP contribution is -2.63. The number of carbonyl (C=O) groups is 6. The van der Waals surface area contributed by atoms with Gasteiger partial charge in [-0.15, -0.1) is 0 Å².